The van der Waals surface area contributed by atoms with Crippen molar-refractivity contribution in [2.75, 3.05) is 23.5 Å². The van der Waals surface area contributed by atoms with Gasteiger partial charge in [0.15, 0.2) is 0 Å². The lowest BCUT2D eigenvalue weighted by atomic mass is 10.1. The molecule has 0 unspecified atom stereocenters. The number of aromatic nitrogens is 1. The first-order valence-corrected chi connectivity index (χ1v) is 18.0. The molecule has 0 radical (unpaired) electrons. The van der Waals surface area contributed by atoms with E-state index in [-0.39, 0.29) is 17.4 Å². The van der Waals surface area contributed by atoms with Gasteiger partial charge in [0.1, 0.15) is 23.0 Å². The first-order valence-electron chi connectivity index (χ1n) is 17.1. The molecule has 53 heavy (non-hydrogen) atoms. The normalized spacial score (nSPS) is 11.4. The van der Waals surface area contributed by atoms with Crippen LogP contribution in [0.1, 0.15) is 23.0 Å². The molecule has 2 aromatic heterocycles. The van der Waals surface area contributed by atoms with Crippen LogP contribution in [0.3, 0.4) is 0 Å². The molecule has 3 amide bonds. The van der Waals surface area contributed by atoms with Gasteiger partial charge in [0, 0.05) is 56.3 Å². The number of fused-ring (bicyclic) bond motifs is 3. The van der Waals surface area contributed by atoms with Crippen molar-refractivity contribution in [1.29, 1.82) is 0 Å². The van der Waals surface area contributed by atoms with Crippen LogP contribution in [0.2, 0.25) is 0 Å². The Kier molecular flexibility index (Phi) is 10.4. The molecule has 0 saturated heterocycles. The minimum atomic E-state index is -0.539. The highest BCUT2D eigenvalue weighted by Gasteiger charge is 2.17. The number of amides is 3. The zero-order valence-corrected chi connectivity index (χ0v) is 29.9. The zero-order valence-electron chi connectivity index (χ0n) is 29.1. The summed E-state index contributed by atoms with van der Waals surface area (Å²) in [6.45, 7) is 2.98. The number of ether oxygens (including phenoxy) is 1. The molecule has 7 aromatic rings. The number of anilines is 2. The van der Waals surface area contributed by atoms with E-state index in [0.717, 1.165) is 39.0 Å². The average Bonchev–Trinajstić information content (AvgIpc) is 3.79. The molecule has 0 saturated carbocycles. The van der Waals surface area contributed by atoms with E-state index in [0.29, 0.717) is 28.5 Å². The van der Waals surface area contributed by atoms with Gasteiger partial charge >= 0.3 is 0 Å². The van der Waals surface area contributed by atoms with Gasteiger partial charge in [-0.2, -0.15) is 0 Å². The summed E-state index contributed by atoms with van der Waals surface area (Å²) >= 11 is 1.39. The first kappa shape index (κ1) is 34.9. The third kappa shape index (κ3) is 7.88. The lowest BCUT2D eigenvalue weighted by Gasteiger charge is -2.11. The second kappa shape index (κ2) is 15.8. The number of furan rings is 1. The Hall–Kier alpha value is -6.52. The number of methoxy groups -OCH3 is 1. The van der Waals surface area contributed by atoms with Crippen LogP contribution in [0.15, 0.2) is 148 Å². The van der Waals surface area contributed by atoms with E-state index in [9.17, 15) is 14.4 Å². The fourth-order valence-corrected chi connectivity index (χ4v) is 6.86. The second-order valence-corrected chi connectivity index (χ2v) is 13.1. The van der Waals surface area contributed by atoms with Gasteiger partial charge in [-0.25, -0.2) is 0 Å². The Bertz CT molecular complexity index is 2470. The van der Waals surface area contributed by atoms with Crippen molar-refractivity contribution in [3.05, 3.63) is 150 Å². The molecule has 2 heterocycles. The molecular formula is C43H36N4O5S. The fourth-order valence-electron chi connectivity index (χ4n) is 6.16. The van der Waals surface area contributed by atoms with Crippen molar-refractivity contribution in [1.82, 2.24) is 9.88 Å². The highest BCUT2D eigenvalue weighted by molar-refractivity contribution is 8.00. The lowest BCUT2D eigenvalue weighted by molar-refractivity contribution is -0.114. The number of hydrogen-bond acceptors (Lipinski definition) is 6. The summed E-state index contributed by atoms with van der Waals surface area (Å²) in [5, 5.41) is 10.9. The predicted molar refractivity (Wildman–Crippen MR) is 212 cm³/mol. The van der Waals surface area contributed by atoms with Crippen molar-refractivity contribution in [3.8, 4) is 17.1 Å². The molecule has 0 bridgehead atoms. The van der Waals surface area contributed by atoms with Crippen molar-refractivity contribution >= 4 is 68.7 Å². The van der Waals surface area contributed by atoms with E-state index in [2.05, 4.69) is 45.6 Å². The molecule has 10 heteroatoms. The van der Waals surface area contributed by atoms with Gasteiger partial charge < -0.3 is 29.7 Å². The number of nitrogens with one attached hydrogen (secondary N) is 3. The van der Waals surface area contributed by atoms with Gasteiger partial charge in [0.05, 0.1) is 18.4 Å². The standard InChI is InChI=1S/C43H36N4O5S/c1-3-47-37-15-9-7-13-33(37)35-25-30(19-23-38(35)47)44-41(48)27-53-32-21-17-29(18-22-32)45-43(50)36(46-42(49)28-11-5-4-6-12-28)26-31-20-24-40(52-31)34-14-8-10-16-39(34)51-2/h4-26H,3,27H2,1-2H3,(H,44,48)(H,45,50)(H,46,49)/b36-26+. The quantitative estimate of drug-likeness (QED) is 0.0857. The number of benzene rings is 5. The minimum absolute atomic E-state index is 0.00709. The molecule has 0 aliphatic heterocycles. The summed E-state index contributed by atoms with van der Waals surface area (Å²) < 4.78 is 13.8. The number of carbonyl (C=O) groups is 3. The summed E-state index contributed by atoms with van der Waals surface area (Å²) in [4.78, 5) is 40.5. The van der Waals surface area contributed by atoms with Crippen LogP contribution < -0.4 is 20.7 Å². The average molecular weight is 721 g/mol. The number of hydrogen-bond donors (Lipinski definition) is 3. The molecule has 264 valence electrons. The Morgan fingerprint density at radius 2 is 1.47 bits per heavy atom. The van der Waals surface area contributed by atoms with Crippen LogP contribution in [0.5, 0.6) is 5.75 Å². The zero-order chi connectivity index (χ0) is 36.7. The molecule has 0 atom stereocenters. The van der Waals surface area contributed by atoms with Crippen molar-refractivity contribution in [2.24, 2.45) is 0 Å². The van der Waals surface area contributed by atoms with Gasteiger partial charge in [0.25, 0.3) is 11.8 Å². The summed E-state index contributed by atoms with van der Waals surface area (Å²) in [7, 11) is 1.58. The van der Waals surface area contributed by atoms with Crippen LogP contribution in [-0.4, -0.2) is 35.2 Å². The second-order valence-electron chi connectivity index (χ2n) is 12.1. The first-order chi connectivity index (χ1) is 25.9. The van der Waals surface area contributed by atoms with E-state index in [4.69, 9.17) is 9.15 Å². The summed E-state index contributed by atoms with van der Waals surface area (Å²) in [6, 6.07) is 41.0. The Labute approximate surface area is 310 Å². The SMILES string of the molecule is CCn1c2ccccc2c2cc(NC(=O)CSc3ccc(NC(=O)/C(=C\c4ccc(-c5ccccc5OC)o4)NC(=O)c4ccccc4)cc3)ccc21. The van der Waals surface area contributed by atoms with Crippen molar-refractivity contribution < 1.29 is 23.5 Å². The maximum Gasteiger partial charge on any atom is 0.272 e. The minimum Gasteiger partial charge on any atom is -0.496 e. The number of para-hydroxylation sites is 2. The molecule has 0 spiro atoms. The highest BCUT2D eigenvalue weighted by atomic mass is 32.2. The van der Waals surface area contributed by atoms with Gasteiger partial charge in [-0.3, -0.25) is 14.4 Å². The monoisotopic (exact) mass is 720 g/mol. The third-order valence-electron chi connectivity index (χ3n) is 8.67. The summed E-state index contributed by atoms with van der Waals surface area (Å²) in [6.07, 6.45) is 1.48. The Balaban J connectivity index is 1.01. The smallest absolute Gasteiger partial charge is 0.272 e. The van der Waals surface area contributed by atoms with E-state index in [1.807, 2.05) is 66.7 Å². The van der Waals surface area contributed by atoms with Crippen molar-refractivity contribution in [2.45, 2.75) is 18.4 Å². The van der Waals surface area contributed by atoms with Gasteiger partial charge in [0.2, 0.25) is 5.91 Å². The summed E-state index contributed by atoms with van der Waals surface area (Å²) in [5.74, 6) is 0.655. The molecule has 7 rings (SSSR count). The number of thioether (sulfide) groups is 1. The van der Waals surface area contributed by atoms with E-state index >= 15 is 0 Å². The van der Waals surface area contributed by atoms with Crippen LogP contribution in [-0.2, 0) is 16.1 Å². The molecular weight excluding hydrogens is 685 g/mol. The van der Waals surface area contributed by atoms with Gasteiger partial charge in [-0.05, 0) is 91.9 Å². The predicted octanol–water partition coefficient (Wildman–Crippen LogP) is 9.22. The Morgan fingerprint density at radius 3 is 2.26 bits per heavy atom. The number of nitrogens with zero attached hydrogens (tertiary/aromatic N) is 1. The number of carbonyl (C=O) groups excluding carboxylic acids is 3. The van der Waals surface area contributed by atoms with E-state index < -0.39 is 11.8 Å². The van der Waals surface area contributed by atoms with Crippen LogP contribution in [0, 0.1) is 0 Å². The maximum absolute atomic E-state index is 13.6. The number of aryl methyl sites for hydroxylation is 1. The Morgan fingerprint density at radius 1 is 0.755 bits per heavy atom. The molecule has 9 nitrogen and oxygen atoms in total. The van der Waals surface area contributed by atoms with E-state index in [1.54, 1.807) is 55.6 Å². The van der Waals surface area contributed by atoms with Crippen LogP contribution in [0.4, 0.5) is 11.4 Å². The summed E-state index contributed by atoms with van der Waals surface area (Å²) in [5.41, 5.74) is 4.70. The van der Waals surface area contributed by atoms with Crippen LogP contribution >= 0.6 is 11.8 Å². The van der Waals surface area contributed by atoms with Crippen LogP contribution in [0.25, 0.3) is 39.2 Å². The topological polar surface area (TPSA) is 115 Å². The number of rotatable bonds is 12. The maximum atomic E-state index is 13.6. The highest BCUT2D eigenvalue weighted by Crippen LogP contribution is 2.33. The fraction of sp³-hybridized carbons (Fsp3) is 0.0930. The van der Waals surface area contributed by atoms with Crippen molar-refractivity contribution in [3.63, 3.8) is 0 Å². The molecule has 5 aromatic carbocycles. The lowest BCUT2D eigenvalue weighted by Crippen LogP contribution is -2.30. The third-order valence-corrected chi connectivity index (χ3v) is 9.68. The molecule has 3 N–H and O–H groups in total. The molecule has 0 aliphatic rings. The molecule has 0 fully saturated rings. The van der Waals surface area contributed by atoms with Gasteiger partial charge in [-0.15, -0.1) is 11.8 Å². The molecule has 0 aliphatic carbocycles. The van der Waals surface area contributed by atoms with Gasteiger partial charge in [-0.1, -0.05) is 48.5 Å². The largest absolute Gasteiger partial charge is 0.496 e. The van der Waals surface area contributed by atoms with E-state index in [1.165, 1.54) is 23.4 Å².